The lowest BCUT2D eigenvalue weighted by molar-refractivity contribution is 0.0950. The first-order chi connectivity index (χ1) is 9.56. The second kappa shape index (κ2) is 8.72. The normalized spacial score (nSPS) is 11.1. The summed E-state index contributed by atoms with van der Waals surface area (Å²) in [6, 6.07) is 8.20. The van der Waals surface area contributed by atoms with Gasteiger partial charge in [0.15, 0.2) is 0 Å². The molecule has 0 saturated heterocycles. The fourth-order valence-corrected chi connectivity index (χ4v) is 2.00. The van der Waals surface area contributed by atoms with Gasteiger partial charge in [0.05, 0.1) is 0 Å². The summed E-state index contributed by atoms with van der Waals surface area (Å²) in [4.78, 5) is 14.4. The highest BCUT2D eigenvalue weighted by molar-refractivity contribution is 5.95. The molecular weight excluding hydrogens is 250 g/mol. The fourth-order valence-electron chi connectivity index (χ4n) is 2.00. The first-order valence-electron chi connectivity index (χ1n) is 7.32. The SMILES string of the molecule is CC(C)N(C)CCCNC(=O)c1ccccc1CCN. The molecule has 0 aliphatic heterocycles. The second-order valence-corrected chi connectivity index (χ2v) is 5.38. The molecule has 4 heteroatoms. The van der Waals surface area contributed by atoms with Gasteiger partial charge in [0.1, 0.15) is 0 Å². The minimum absolute atomic E-state index is 0.00116. The van der Waals surface area contributed by atoms with Crippen molar-refractivity contribution in [3.8, 4) is 0 Å². The molecule has 0 aliphatic rings. The van der Waals surface area contributed by atoms with Crippen LogP contribution in [0.2, 0.25) is 0 Å². The van der Waals surface area contributed by atoms with Gasteiger partial charge in [-0.25, -0.2) is 0 Å². The van der Waals surface area contributed by atoms with Crippen LogP contribution in [0, 0.1) is 0 Å². The predicted molar refractivity (Wildman–Crippen MR) is 83.9 cm³/mol. The van der Waals surface area contributed by atoms with Crippen LogP contribution < -0.4 is 11.1 Å². The van der Waals surface area contributed by atoms with Gasteiger partial charge >= 0.3 is 0 Å². The molecule has 0 bridgehead atoms. The Labute approximate surface area is 122 Å². The zero-order valence-corrected chi connectivity index (χ0v) is 12.9. The second-order valence-electron chi connectivity index (χ2n) is 5.38. The highest BCUT2D eigenvalue weighted by Gasteiger charge is 2.10. The summed E-state index contributed by atoms with van der Waals surface area (Å²) < 4.78 is 0. The van der Waals surface area contributed by atoms with E-state index in [2.05, 4.69) is 31.1 Å². The van der Waals surface area contributed by atoms with Crippen LogP contribution in [0.25, 0.3) is 0 Å². The maximum absolute atomic E-state index is 12.2. The van der Waals surface area contributed by atoms with Crippen molar-refractivity contribution in [1.82, 2.24) is 10.2 Å². The maximum atomic E-state index is 12.2. The van der Waals surface area contributed by atoms with E-state index in [1.807, 2.05) is 24.3 Å². The lowest BCUT2D eigenvalue weighted by Gasteiger charge is -2.20. The predicted octanol–water partition coefficient (Wildman–Crippen LogP) is 1.65. The van der Waals surface area contributed by atoms with Crippen LogP contribution in [0.1, 0.15) is 36.2 Å². The van der Waals surface area contributed by atoms with Crippen molar-refractivity contribution in [3.05, 3.63) is 35.4 Å². The van der Waals surface area contributed by atoms with Crippen LogP contribution >= 0.6 is 0 Å². The van der Waals surface area contributed by atoms with Gasteiger partial charge in [-0.1, -0.05) is 18.2 Å². The van der Waals surface area contributed by atoms with Crippen molar-refractivity contribution >= 4 is 5.91 Å². The molecule has 0 heterocycles. The first-order valence-corrected chi connectivity index (χ1v) is 7.32. The number of hydrogen-bond acceptors (Lipinski definition) is 3. The molecular formula is C16H27N3O. The molecule has 0 saturated carbocycles. The highest BCUT2D eigenvalue weighted by Crippen LogP contribution is 2.09. The lowest BCUT2D eigenvalue weighted by atomic mass is 10.0. The van der Waals surface area contributed by atoms with E-state index in [4.69, 9.17) is 5.73 Å². The molecule has 3 N–H and O–H groups in total. The largest absolute Gasteiger partial charge is 0.352 e. The topological polar surface area (TPSA) is 58.4 Å². The minimum Gasteiger partial charge on any atom is -0.352 e. The monoisotopic (exact) mass is 277 g/mol. The van der Waals surface area contributed by atoms with Crippen molar-refractivity contribution in [2.24, 2.45) is 5.73 Å². The third-order valence-corrected chi connectivity index (χ3v) is 3.53. The van der Waals surface area contributed by atoms with E-state index in [1.165, 1.54) is 0 Å². The molecule has 1 aromatic rings. The number of carbonyl (C=O) groups is 1. The highest BCUT2D eigenvalue weighted by atomic mass is 16.1. The van der Waals surface area contributed by atoms with Crippen LogP contribution in [-0.4, -0.2) is 43.5 Å². The van der Waals surface area contributed by atoms with E-state index in [0.29, 0.717) is 19.1 Å². The molecule has 0 atom stereocenters. The summed E-state index contributed by atoms with van der Waals surface area (Å²) in [5.41, 5.74) is 7.34. The molecule has 0 spiro atoms. The minimum atomic E-state index is 0.00116. The molecule has 20 heavy (non-hydrogen) atoms. The number of nitrogens with two attached hydrogens (primary N) is 1. The zero-order valence-electron chi connectivity index (χ0n) is 12.9. The Bertz CT molecular complexity index is 418. The van der Waals surface area contributed by atoms with Crippen LogP contribution in [0.5, 0.6) is 0 Å². The van der Waals surface area contributed by atoms with E-state index >= 15 is 0 Å². The number of nitrogens with zero attached hydrogens (tertiary/aromatic N) is 1. The van der Waals surface area contributed by atoms with Crippen LogP contribution in [0.15, 0.2) is 24.3 Å². The quantitative estimate of drug-likeness (QED) is 0.710. The van der Waals surface area contributed by atoms with Crippen molar-refractivity contribution < 1.29 is 4.79 Å². The van der Waals surface area contributed by atoms with E-state index in [0.717, 1.165) is 30.5 Å². The number of benzene rings is 1. The van der Waals surface area contributed by atoms with Gasteiger partial charge in [0.2, 0.25) is 0 Å². The van der Waals surface area contributed by atoms with Gasteiger partial charge in [-0.3, -0.25) is 4.79 Å². The van der Waals surface area contributed by atoms with Crippen molar-refractivity contribution in [2.45, 2.75) is 32.7 Å². The standard InChI is InChI=1S/C16H27N3O/c1-13(2)19(3)12-6-11-18-16(20)15-8-5-4-7-14(15)9-10-17/h4-5,7-8,13H,6,9-12,17H2,1-3H3,(H,18,20). The first kappa shape index (κ1) is 16.7. The van der Waals surface area contributed by atoms with Crippen LogP contribution in [-0.2, 0) is 6.42 Å². The fraction of sp³-hybridized carbons (Fsp3) is 0.562. The Balaban J connectivity index is 2.43. The van der Waals surface area contributed by atoms with Gasteiger partial charge in [-0.2, -0.15) is 0 Å². The number of carbonyl (C=O) groups excluding carboxylic acids is 1. The van der Waals surface area contributed by atoms with Gasteiger partial charge < -0.3 is 16.0 Å². The summed E-state index contributed by atoms with van der Waals surface area (Å²) in [5, 5.41) is 2.99. The number of amides is 1. The third kappa shape index (κ3) is 5.31. The Kier molecular flexibility index (Phi) is 7.26. The molecule has 1 aromatic carbocycles. The Hall–Kier alpha value is -1.39. The Morgan fingerprint density at radius 3 is 2.70 bits per heavy atom. The van der Waals surface area contributed by atoms with Crippen LogP contribution in [0.4, 0.5) is 0 Å². The molecule has 1 amide bonds. The molecule has 0 aromatic heterocycles. The Morgan fingerprint density at radius 2 is 2.05 bits per heavy atom. The maximum Gasteiger partial charge on any atom is 0.251 e. The van der Waals surface area contributed by atoms with E-state index in [1.54, 1.807) is 0 Å². The molecule has 0 fully saturated rings. The summed E-state index contributed by atoms with van der Waals surface area (Å²) in [6.45, 7) is 6.59. The van der Waals surface area contributed by atoms with Crippen LogP contribution in [0.3, 0.4) is 0 Å². The van der Waals surface area contributed by atoms with Crippen molar-refractivity contribution in [3.63, 3.8) is 0 Å². The molecule has 0 unspecified atom stereocenters. The van der Waals surface area contributed by atoms with E-state index in [9.17, 15) is 4.79 Å². The van der Waals surface area contributed by atoms with E-state index < -0.39 is 0 Å². The van der Waals surface area contributed by atoms with Gasteiger partial charge in [-0.05, 0) is 58.5 Å². The summed E-state index contributed by atoms with van der Waals surface area (Å²) in [5.74, 6) is 0.00116. The molecule has 1 rings (SSSR count). The average Bonchev–Trinajstić information content (AvgIpc) is 2.44. The summed E-state index contributed by atoms with van der Waals surface area (Å²) in [6.07, 6.45) is 1.69. The summed E-state index contributed by atoms with van der Waals surface area (Å²) >= 11 is 0. The zero-order chi connectivity index (χ0) is 15.0. The smallest absolute Gasteiger partial charge is 0.251 e. The van der Waals surface area contributed by atoms with Gasteiger partial charge in [0, 0.05) is 18.2 Å². The molecule has 0 aliphatic carbocycles. The average molecular weight is 277 g/mol. The number of rotatable bonds is 8. The Morgan fingerprint density at radius 1 is 1.35 bits per heavy atom. The third-order valence-electron chi connectivity index (χ3n) is 3.53. The number of nitrogens with one attached hydrogen (secondary N) is 1. The van der Waals surface area contributed by atoms with Crippen molar-refractivity contribution in [2.75, 3.05) is 26.7 Å². The van der Waals surface area contributed by atoms with E-state index in [-0.39, 0.29) is 5.91 Å². The summed E-state index contributed by atoms with van der Waals surface area (Å²) in [7, 11) is 2.10. The van der Waals surface area contributed by atoms with Crippen molar-refractivity contribution in [1.29, 1.82) is 0 Å². The molecule has 4 nitrogen and oxygen atoms in total. The number of hydrogen-bond donors (Lipinski definition) is 2. The molecule has 0 radical (unpaired) electrons. The molecule has 112 valence electrons. The van der Waals surface area contributed by atoms with Gasteiger partial charge in [0.25, 0.3) is 5.91 Å². The lowest BCUT2D eigenvalue weighted by Crippen LogP contribution is -2.31. The van der Waals surface area contributed by atoms with Gasteiger partial charge in [-0.15, -0.1) is 0 Å².